The van der Waals surface area contributed by atoms with Crippen LogP contribution in [0.15, 0.2) is 24.3 Å². The maximum Gasteiger partial charge on any atom is 0.338 e. The number of nitriles is 1. The Morgan fingerprint density at radius 3 is 2.29 bits per heavy atom. The first-order valence-corrected chi connectivity index (χ1v) is 11.3. The van der Waals surface area contributed by atoms with E-state index in [2.05, 4.69) is 19.9 Å². The molecule has 2 rings (SSSR count). The summed E-state index contributed by atoms with van der Waals surface area (Å²) in [5, 5.41) is 9.69. The first-order chi connectivity index (χ1) is 13.6. The van der Waals surface area contributed by atoms with Gasteiger partial charge in [-0.1, -0.05) is 64.5 Å². The summed E-state index contributed by atoms with van der Waals surface area (Å²) in [4.78, 5) is 12.5. The molecule has 3 heteroatoms. The van der Waals surface area contributed by atoms with Crippen molar-refractivity contribution >= 4 is 5.97 Å². The number of esters is 1. The fraction of sp³-hybridized carbons (Fsp3) is 0.680. The van der Waals surface area contributed by atoms with Gasteiger partial charge in [-0.05, 0) is 62.6 Å². The molecule has 3 nitrogen and oxygen atoms in total. The van der Waals surface area contributed by atoms with Gasteiger partial charge in [0.1, 0.15) is 6.10 Å². The number of carbonyl (C=O) groups excluding carboxylic acids is 1. The van der Waals surface area contributed by atoms with Crippen molar-refractivity contribution in [2.75, 3.05) is 0 Å². The van der Waals surface area contributed by atoms with Crippen LogP contribution in [0.5, 0.6) is 0 Å². The molecule has 0 unspecified atom stereocenters. The van der Waals surface area contributed by atoms with Crippen LogP contribution in [0.25, 0.3) is 0 Å². The molecule has 0 saturated heterocycles. The number of nitrogens with zero attached hydrogens (tertiary/aromatic N) is 1. The summed E-state index contributed by atoms with van der Waals surface area (Å²) in [5.74, 6) is -0.225. The molecular formula is C25H37NO2. The Hall–Kier alpha value is -1.82. The fourth-order valence-corrected chi connectivity index (χ4v) is 4.18. The van der Waals surface area contributed by atoms with E-state index in [4.69, 9.17) is 4.74 Å². The summed E-state index contributed by atoms with van der Waals surface area (Å²) < 4.78 is 5.75. The monoisotopic (exact) mass is 383 g/mol. The Labute approximate surface area is 171 Å². The number of hydrogen-bond donors (Lipinski definition) is 0. The van der Waals surface area contributed by atoms with E-state index < -0.39 is 0 Å². The zero-order chi connectivity index (χ0) is 20.2. The fourth-order valence-electron chi connectivity index (χ4n) is 4.18. The standard InChI is InChI=1S/C25H37NO2/c1-3-5-7-9-17-25(20-26)18-15-23(16-19-25)28-24(27)22-13-11-21(12-14-22)10-8-6-4-2/h11-14,23H,3-10,15-19H2,1-2H3. The Balaban J connectivity index is 1.78. The first kappa shape index (κ1) is 22.5. The number of unbranched alkanes of at least 4 members (excludes halogenated alkanes) is 5. The van der Waals surface area contributed by atoms with Crippen molar-refractivity contribution in [2.45, 2.75) is 103 Å². The molecule has 0 atom stereocenters. The zero-order valence-electron chi connectivity index (χ0n) is 17.8. The van der Waals surface area contributed by atoms with E-state index >= 15 is 0 Å². The van der Waals surface area contributed by atoms with Crippen molar-refractivity contribution in [3.05, 3.63) is 35.4 Å². The highest BCUT2D eigenvalue weighted by molar-refractivity contribution is 5.89. The highest BCUT2D eigenvalue weighted by Crippen LogP contribution is 2.41. The third kappa shape index (κ3) is 6.97. The summed E-state index contributed by atoms with van der Waals surface area (Å²) in [5.41, 5.74) is 1.72. The molecule has 0 radical (unpaired) electrons. The Morgan fingerprint density at radius 2 is 1.68 bits per heavy atom. The third-order valence-corrected chi connectivity index (χ3v) is 6.17. The summed E-state index contributed by atoms with van der Waals surface area (Å²) in [7, 11) is 0. The molecule has 28 heavy (non-hydrogen) atoms. The number of benzene rings is 1. The van der Waals surface area contributed by atoms with Crippen LogP contribution in [0.2, 0.25) is 0 Å². The zero-order valence-corrected chi connectivity index (χ0v) is 17.8. The van der Waals surface area contributed by atoms with E-state index in [0.29, 0.717) is 5.56 Å². The van der Waals surface area contributed by atoms with Gasteiger partial charge in [0.05, 0.1) is 17.0 Å². The number of hydrogen-bond acceptors (Lipinski definition) is 3. The van der Waals surface area contributed by atoms with Crippen LogP contribution in [0.4, 0.5) is 0 Å². The van der Waals surface area contributed by atoms with Gasteiger partial charge in [-0.3, -0.25) is 0 Å². The molecule has 1 saturated carbocycles. The van der Waals surface area contributed by atoms with Crippen LogP contribution in [0.1, 0.15) is 107 Å². The molecule has 0 bridgehead atoms. The van der Waals surface area contributed by atoms with Gasteiger partial charge in [0.25, 0.3) is 0 Å². The maximum absolute atomic E-state index is 12.5. The number of carbonyl (C=O) groups is 1. The second kappa shape index (κ2) is 11.9. The Morgan fingerprint density at radius 1 is 1.04 bits per heavy atom. The van der Waals surface area contributed by atoms with Gasteiger partial charge in [0.15, 0.2) is 0 Å². The van der Waals surface area contributed by atoms with Crippen LogP contribution in [-0.4, -0.2) is 12.1 Å². The van der Waals surface area contributed by atoms with Crippen molar-refractivity contribution in [3.63, 3.8) is 0 Å². The maximum atomic E-state index is 12.5. The van der Waals surface area contributed by atoms with Crippen LogP contribution in [0, 0.1) is 16.7 Å². The Bertz CT molecular complexity index is 621. The van der Waals surface area contributed by atoms with E-state index in [9.17, 15) is 10.1 Å². The molecule has 0 aromatic heterocycles. The minimum atomic E-state index is -0.225. The lowest BCUT2D eigenvalue weighted by Gasteiger charge is -2.34. The van der Waals surface area contributed by atoms with Gasteiger partial charge >= 0.3 is 5.97 Å². The lowest BCUT2D eigenvalue weighted by molar-refractivity contribution is 0.0105. The molecule has 0 amide bonds. The van der Waals surface area contributed by atoms with Gasteiger partial charge in [-0.2, -0.15) is 5.26 Å². The smallest absolute Gasteiger partial charge is 0.338 e. The van der Waals surface area contributed by atoms with Crippen molar-refractivity contribution in [1.82, 2.24) is 0 Å². The normalized spacial score (nSPS) is 21.8. The van der Waals surface area contributed by atoms with Gasteiger partial charge in [0, 0.05) is 0 Å². The van der Waals surface area contributed by atoms with E-state index in [0.717, 1.165) is 44.9 Å². The second-order valence-electron chi connectivity index (χ2n) is 8.46. The van der Waals surface area contributed by atoms with Crippen molar-refractivity contribution in [3.8, 4) is 6.07 Å². The minimum Gasteiger partial charge on any atom is -0.459 e. The number of rotatable bonds is 11. The van der Waals surface area contributed by atoms with Gasteiger partial charge < -0.3 is 4.74 Å². The van der Waals surface area contributed by atoms with Crippen LogP contribution in [0.3, 0.4) is 0 Å². The summed E-state index contributed by atoms with van der Waals surface area (Å²) >= 11 is 0. The summed E-state index contributed by atoms with van der Waals surface area (Å²) in [6.07, 6.45) is 13.8. The van der Waals surface area contributed by atoms with E-state index in [1.165, 1.54) is 44.1 Å². The molecular weight excluding hydrogens is 346 g/mol. The van der Waals surface area contributed by atoms with Gasteiger partial charge in [0.2, 0.25) is 0 Å². The highest BCUT2D eigenvalue weighted by atomic mass is 16.5. The molecule has 1 aliphatic carbocycles. The van der Waals surface area contributed by atoms with Gasteiger partial charge in [-0.15, -0.1) is 0 Å². The van der Waals surface area contributed by atoms with E-state index in [1.807, 2.05) is 24.3 Å². The number of aryl methyl sites for hydroxylation is 1. The molecule has 0 heterocycles. The van der Waals surface area contributed by atoms with Crippen LogP contribution >= 0.6 is 0 Å². The molecule has 1 aliphatic rings. The highest BCUT2D eigenvalue weighted by Gasteiger charge is 2.36. The van der Waals surface area contributed by atoms with Crippen molar-refractivity contribution in [1.29, 1.82) is 5.26 Å². The molecule has 0 spiro atoms. The quantitative estimate of drug-likeness (QED) is 0.305. The molecule has 154 valence electrons. The molecule has 0 N–H and O–H groups in total. The van der Waals surface area contributed by atoms with Crippen molar-refractivity contribution < 1.29 is 9.53 Å². The first-order valence-electron chi connectivity index (χ1n) is 11.3. The Kier molecular flexibility index (Phi) is 9.55. The van der Waals surface area contributed by atoms with Crippen LogP contribution in [-0.2, 0) is 11.2 Å². The molecule has 1 aromatic rings. The predicted octanol–water partition coefficient (Wildman–Crippen LogP) is 7.00. The van der Waals surface area contributed by atoms with E-state index in [-0.39, 0.29) is 17.5 Å². The topological polar surface area (TPSA) is 50.1 Å². The lowest BCUT2D eigenvalue weighted by atomic mass is 9.71. The van der Waals surface area contributed by atoms with E-state index in [1.54, 1.807) is 0 Å². The molecule has 0 aliphatic heterocycles. The summed E-state index contributed by atoms with van der Waals surface area (Å²) in [6, 6.07) is 10.5. The third-order valence-electron chi connectivity index (χ3n) is 6.17. The largest absolute Gasteiger partial charge is 0.459 e. The average molecular weight is 384 g/mol. The second-order valence-corrected chi connectivity index (χ2v) is 8.46. The minimum absolute atomic E-state index is 0.0474. The lowest BCUT2D eigenvalue weighted by Crippen LogP contribution is -2.31. The number of ether oxygens (including phenoxy) is 1. The average Bonchev–Trinajstić information content (AvgIpc) is 2.73. The summed E-state index contributed by atoms with van der Waals surface area (Å²) in [6.45, 7) is 4.41. The van der Waals surface area contributed by atoms with Gasteiger partial charge in [-0.25, -0.2) is 4.79 Å². The van der Waals surface area contributed by atoms with Crippen LogP contribution < -0.4 is 0 Å². The SMILES string of the molecule is CCCCCCC1(C#N)CCC(OC(=O)c2ccc(CCCCC)cc2)CC1. The molecule has 1 aromatic carbocycles. The predicted molar refractivity (Wildman–Crippen MR) is 114 cm³/mol. The van der Waals surface area contributed by atoms with Crippen molar-refractivity contribution in [2.24, 2.45) is 5.41 Å². The molecule has 1 fully saturated rings.